The van der Waals surface area contributed by atoms with Gasteiger partial charge in [0.15, 0.2) is 5.65 Å². The number of carbonyl (C=O) groups excluding carboxylic acids is 1. The van der Waals surface area contributed by atoms with Gasteiger partial charge in [-0.05, 0) is 57.4 Å². The lowest BCUT2D eigenvalue weighted by atomic mass is 10.2. The van der Waals surface area contributed by atoms with Crippen LogP contribution in [0.3, 0.4) is 0 Å². The summed E-state index contributed by atoms with van der Waals surface area (Å²) in [6, 6.07) is 10.8. The minimum absolute atomic E-state index is 0.184. The summed E-state index contributed by atoms with van der Waals surface area (Å²) < 4.78 is 7.43. The largest absolute Gasteiger partial charge is 0.492 e. The van der Waals surface area contributed by atoms with Crippen LogP contribution in [0.2, 0.25) is 0 Å². The minimum atomic E-state index is -0.184. The molecule has 0 aliphatic heterocycles. The van der Waals surface area contributed by atoms with Crippen LogP contribution in [0, 0.1) is 6.92 Å². The molecule has 0 saturated carbocycles. The molecule has 3 rings (SSSR count). The van der Waals surface area contributed by atoms with Crippen LogP contribution in [-0.2, 0) is 0 Å². The van der Waals surface area contributed by atoms with Crippen molar-refractivity contribution in [3.05, 3.63) is 54.0 Å². The zero-order chi connectivity index (χ0) is 17.8. The zero-order valence-corrected chi connectivity index (χ0v) is 14.6. The second-order valence-corrected chi connectivity index (χ2v) is 6.02. The smallest absolute Gasteiger partial charge is 0.257 e. The van der Waals surface area contributed by atoms with Gasteiger partial charge in [-0.3, -0.25) is 9.20 Å². The van der Waals surface area contributed by atoms with Crippen molar-refractivity contribution in [1.82, 2.24) is 19.5 Å². The Morgan fingerprint density at radius 2 is 1.92 bits per heavy atom. The first-order valence-electron chi connectivity index (χ1n) is 8.03. The van der Waals surface area contributed by atoms with E-state index in [4.69, 9.17) is 4.74 Å². The Hall–Kier alpha value is -2.93. The highest BCUT2D eigenvalue weighted by Gasteiger charge is 2.09. The molecule has 0 atom stereocenters. The summed E-state index contributed by atoms with van der Waals surface area (Å²) in [4.78, 5) is 14.5. The first-order chi connectivity index (χ1) is 12.0. The second-order valence-electron chi connectivity index (χ2n) is 6.02. The van der Waals surface area contributed by atoms with Gasteiger partial charge in [-0.15, -0.1) is 10.2 Å². The summed E-state index contributed by atoms with van der Waals surface area (Å²) in [5, 5.41) is 10.9. The highest BCUT2D eigenvalue weighted by atomic mass is 16.5. The Morgan fingerprint density at radius 3 is 2.64 bits per heavy atom. The first-order valence-corrected chi connectivity index (χ1v) is 8.03. The molecule has 7 nitrogen and oxygen atoms in total. The number of anilines is 1. The molecular weight excluding hydrogens is 318 g/mol. The van der Waals surface area contributed by atoms with E-state index in [1.54, 1.807) is 22.7 Å². The lowest BCUT2D eigenvalue weighted by Crippen LogP contribution is -2.19. The monoisotopic (exact) mass is 339 g/mol. The number of hydrogen-bond acceptors (Lipinski definition) is 5. The van der Waals surface area contributed by atoms with Gasteiger partial charge in [0.05, 0.1) is 5.56 Å². The number of likely N-dealkylation sites (N-methyl/N-ethyl adjacent to an activating group) is 1. The minimum Gasteiger partial charge on any atom is -0.492 e. The quantitative estimate of drug-likeness (QED) is 0.746. The molecule has 7 heteroatoms. The van der Waals surface area contributed by atoms with Crippen LogP contribution in [0.15, 0.2) is 42.6 Å². The number of amides is 1. The SMILES string of the molecule is Cc1nnc2ccc(C(=O)Nc3ccc(OCCN(C)C)cc3)cn12. The number of ether oxygens (including phenoxy) is 1. The van der Waals surface area contributed by atoms with Crippen LogP contribution in [0.25, 0.3) is 5.65 Å². The average Bonchev–Trinajstić information content (AvgIpc) is 2.97. The molecule has 0 spiro atoms. The summed E-state index contributed by atoms with van der Waals surface area (Å²) in [7, 11) is 4.00. The maximum absolute atomic E-state index is 12.4. The van der Waals surface area contributed by atoms with Crippen LogP contribution in [0.1, 0.15) is 16.2 Å². The lowest BCUT2D eigenvalue weighted by Gasteiger charge is -2.11. The van der Waals surface area contributed by atoms with Crippen LogP contribution < -0.4 is 10.1 Å². The number of pyridine rings is 1. The summed E-state index contributed by atoms with van der Waals surface area (Å²) in [6.45, 7) is 3.32. The maximum atomic E-state index is 12.4. The van der Waals surface area contributed by atoms with Crippen molar-refractivity contribution in [3.63, 3.8) is 0 Å². The number of nitrogens with one attached hydrogen (secondary N) is 1. The van der Waals surface area contributed by atoms with Crippen LogP contribution in [-0.4, -0.2) is 52.7 Å². The molecule has 2 aromatic heterocycles. The Bertz CT molecular complexity index is 871. The third-order valence-corrected chi connectivity index (χ3v) is 3.75. The molecule has 1 amide bonds. The molecule has 25 heavy (non-hydrogen) atoms. The number of benzene rings is 1. The van der Waals surface area contributed by atoms with Crippen LogP contribution in [0.5, 0.6) is 5.75 Å². The van der Waals surface area contributed by atoms with Crippen molar-refractivity contribution in [2.45, 2.75) is 6.92 Å². The van der Waals surface area contributed by atoms with E-state index in [-0.39, 0.29) is 5.91 Å². The third kappa shape index (κ3) is 4.13. The molecule has 0 saturated heterocycles. The molecule has 0 aliphatic carbocycles. The fourth-order valence-corrected chi connectivity index (χ4v) is 2.32. The highest BCUT2D eigenvalue weighted by molar-refractivity contribution is 6.04. The number of aryl methyl sites for hydroxylation is 1. The molecule has 0 unspecified atom stereocenters. The maximum Gasteiger partial charge on any atom is 0.257 e. The Balaban J connectivity index is 1.64. The van der Waals surface area contributed by atoms with E-state index in [0.717, 1.165) is 18.1 Å². The molecule has 0 aliphatic rings. The summed E-state index contributed by atoms with van der Waals surface area (Å²) >= 11 is 0. The highest BCUT2D eigenvalue weighted by Crippen LogP contribution is 2.17. The predicted molar refractivity (Wildman–Crippen MR) is 96.2 cm³/mol. The fraction of sp³-hybridized carbons (Fsp3) is 0.278. The Morgan fingerprint density at radius 1 is 1.16 bits per heavy atom. The molecule has 0 bridgehead atoms. The number of nitrogens with zero attached hydrogens (tertiary/aromatic N) is 4. The second kappa shape index (κ2) is 7.31. The summed E-state index contributed by atoms with van der Waals surface area (Å²) in [5.41, 5.74) is 1.97. The molecule has 1 N–H and O–H groups in total. The zero-order valence-electron chi connectivity index (χ0n) is 14.6. The average molecular weight is 339 g/mol. The molecule has 0 fully saturated rings. The van der Waals surface area contributed by atoms with Crippen LogP contribution >= 0.6 is 0 Å². The Kier molecular flexibility index (Phi) is 4.95. The molecule has 1 aromatic carbocycles. The number of fused-ring (bicyclic) bond motifs is 1. The van der Waals surface area contributed by atoms with Crippen molar-refractivity contribution in [1.29, 1.82) is 0 Å². The lowest BCUT2D eigenvalue weighted by molar-refractivity contribution is 0.102. The summed E-state index contributed by atoms with van der Waals surface area (Å²) in [6.07, 6.45) is 1.73. The van der Waals surface area contributed by atoms with Crippen molar-refractivity contribution in [3.8, 4) is 5.75 Å². The van der Waals surface area contributed by atoms with Gasteiger partial charge in [-0.2, -0.15) is 0 Å². The van der Waals surface area contributed by atoms with Gasteiger partial charge in [0.25, 0.3) is 5.91 Å². The number of carbonyl (C=O) groups is 1. The van der Waals surface area contributed by atoms with Gasteiger partial charge >= 0.3 is 0 Å². The topological polar surface area (TPSA) is 71.8 Å². The van der Waals surface area contributed by atoms with Crippen molar-refractivity contribution >= 4 is 17.2 Å². The number of hydrogen-bond donors (Lipinski definition) is 1. The predicted octanol–water partition coefficient (Wildman–Crippen LogP) is 2.23. The van der Waals surface area contributed by atoms with E-state index in [2.05, 4.69) is 20.4 Å². The first kappa shape index (κ1) is 16.9. The van der Waals surface area contributed by atoms with Crippen molar-refractivity contribution < 1.29 is 9.53 Å². The van der Waals surface area contributed by atoms with Gasteiger partial charge in [-0.25, -0.2) is 0 Å². The van der Waals surface area contributed by atoms with E-state index in [1.807, 2.05) is 45.3 Å². The fourth-order valence-electron chi connectivity index (χ4n) is 2.32. The standard InChI is InChI=1S/C18H21N5O2/c1-13-20-21-17-9-4-14(12-23(13)17)18(24)19-15-5-7-16(8-6-15)25-11-10-22(2)3/h4-9,12H,10-11H2,1-3H3,(H,19,24). The molecule has 3 aromatic rings. The van der Waals surface area contributed by atoms with E-state index in [9.17, 15) is 4.79 Å². The van der Waals surface area contributed by atoms with Gasteiger partial charge < -0.3 is 15.0 Å². The number of aromatic nitrogens is 3. The van der Waals surface area contributed by atoms with Gasteiger partial charge in [0, 0.05) is 18.4 Å². The Labute approximate surface area is 146 Å². The third-order valence-electron chi connectivity index (χ3n) is 3.75. The van der Waals surface area contributed by atoms with E-state index < -0.39 is 0 Å². The summed E-state index contributed by atoms with van der Waals surface area (Å²) in [5.74, 6) is 1.33. The molecule has 130 valence electrons. The number of rotatable bonds is 6. The normalized spacial score (nSPS) is 11.0. The van der Waals surface area contributed by atoms with E-state index >= 15 is 0 Å². The molecule has 2 heterocycles. The van der Waals surface area contributed by atoms with E-state index in [1.165, 1.54) is 0 Å². The molecular formula is C18H21N5O2. The van der Waals surface area contributed by atoms with Gasteiger partial charge in [0.2, 0.25) is 0 Å². The van der Waals surface area contributed by atoms with Crippen molar-refractivity contribution in [2.75, 3.05) is 32.6 Å². The van der Waals surface area contributed by atoms with Crippen molar-refractivity contribution in [2.24, 2.45) is 0 Å². The van der Waals surface area contributed by atoms with Gasteiger partial charge in [0.1, 0.15) is 18.2 Å². The van der Waals surface area contributed by atoms with Gasteiger partial charge in [-0.1, -0.05) is 0 Å². The van der Waals surface area contributed by atoms with Crippen LogP contribution in [0.4, 0.5) is 5.69 Å². The van der Waals surface area contributed by atoms with E-state index in [0.29, 0.717) is 23.5 Å². The molecule has 0 radical (unpaired) electrons.